The summed E-state index contributed by atoms with van der Waals surface area (Å²) >= 11 is 0. The van der Waals surface area contributed by atoms with Gasteiger partial charge in [0.05, 0.1) is 5.41 Å². The van der Waals surface area contributed by atoms with Crippen LogP contribution >= 0.6 is 0 Å². The molecule has 0 N–H and O–H groups in total. The number of Topliss-reactive ketones (excluding diaryl/α,β-unsaturated/α-hetero) is 1. The zero-order valence-corrected chi connectivity index (χ0v) is 20.9. The predicted molar refractivity (Wildman–Crippen MR) is 141 cm³/mol. The van der Waals surface area contributed by atoms with E-state index in [1.165, 1.54) is 7.05 Å². The number of carbonyl (C=O) groups is 4. The number of carbonyl (C=O) groups excluding carboxylic acids is 4. The monoisotopic (exact) mass is 494 g/mol. The molecule has 37 heavy (non-hydrogen) atoms. The van der Waals surface area contributed by atoms with E-state index >= 15 is 0 Å². The van der Waals surface area contributed by atoms with Gasteiger partial charge in [-0.25, -0.2) is 0 Å². The minimum atomic E-state index is -1.24. The Morgan fingerprint density at radius 3 is 2.11 bits per heavy atom. The molecule has 0 unspecified atom stereocenters. The summed E-state index contributed by atoms with van der Waals surface area (Å²) in [5, 5.41) is 0. The Hall–Kier alpha value is -4.06. The first kappa shape index (κ1) is 24.6. The van der Waals surface area contributed by atoms with Crippen molar-refractivity contribution in [2.24, 2.45) is 5.92 Å². The van der Waals surface area contributed by atoms with Crippen molar-refractivity contribution in [1.82, 2.24) is 9.80 Å². The van der Waals surface area contributed by atoms with Crippen LogP contribution in [0, 0.1) is 5.92 Å². The maximum atomic E-state index is 13.6. The van der Waals surface area contributed by atoms with Crippen LogP contribution in [0.2, 0.25) is 0 Å². The molecule has 5 rings (SSSR count). The number of benzene rings is 3. The lowest BCUT2D eigenvalue weighted by Crippen LogP contribution is -2.46. The number of piperidine rings is 1. The number of amides is 3. The fourth-order valence-corrected chi connectivity index (χ4v) is 5.59. The molecule has 3 amide bonds. The average Bonchev–Trinajstić information content (AvgIpc) is 3.17. The number of hydrogen-bond donors (Lipinski definition) is 0. The predicted octanol–water partition coefficient (Wildman–Crippen LogP) is 4.49. The molecule has 0 radical (unpaired) electrons. The Balaban J connectivity index is 1.39. The molecule has 2 atom stereocenters. The van der Waals surface area contributed by atoms with E-state index in [1.807, 2.05) is 72.8 Å². The molecular formula is C31H30N2O4. The maximum Gasteiger partial charge on any atom is 0.240 e. The molecule has 0 aliphatic carbocycles. The quantitative estimate of drug-likeness (QED) is 0.374. The van der Waals surface area contributed by atoms with Gasteiger partial charge in [0.15, 0.2) is 5.78 Å². The van der Waals surface area contributed by atoms with E-state index in [0.29, 0.717) is 24.2 Å². The minimum Gasteiger partial charge on any atom is -0.342 e. The summed E-state index contributed by atoms with van der Waals surface area (Å²) in [6.07, 6.45) is 1.31. The molecule has 6 nitrogen and oxygen atoms in total. The molecule has 2 saturated heterocycles. The third-order valence-corrected chi connectivity index (χ3v) is 7.74. The first-order valence-electron chi connectivity index (χ1n) is 12.7. The molecule has 6 heteroatoms. The van der Waals surface area contributed by atoms with Crippen molar-refractivity contribution in [2.75, 3.05) is 20.1 Å². The van der Waals surface area contributed by atoms with Crippen molar-refractivity contribution in [3.05, 3.63) is 96.1 Å². The zero-order valence-electron chi connectivity index (χ0n) is 20.9. The highest BCUT2D eigenvalue weighted by Gasteiger charge is 2.53. The smallest absolute Gasteiger partial charge is 0.240 e. The summed E-state index contributed by atoms with van der Waals surface area (Å²) in [6.45, 7) is 0.867. The molecule has 188 valence electrons. The fraction of sp³-hybridized carbons (Fsp3) is 0.290. The van der Waals surface area contributed by atoms with Gasteiger partial charge in [-0.15, -0.1) is 0 Å². The van der Waals surface area contributed by atoms with Crippen LogP contribution in [0.25, 0.3) is 11.1 Å². The summed E-state index contributed by atoms with van der Waals surface area (Å²) < 4.78 is 0. The molecule has 2 aliphatic heterocycles. The Morgan fingerprint density at radius 2 is 1.49 bits per heavy atom. The van der Waals surface area contributed by atoms with Crippen LogP contribution < -0.4 is 0 Å². The van der Waals surface area contributed by atoms with Gasteiger partial charge in [-0.3, -0.25) is 24.1 Å². The van der Waals surface area contributed by atoms with Gasteiger partial charge in [0.2, 0.25) is 17.7 Å². The maximum absolute atomic E-state index is 13.6. The van der Waals surface area contributed by atoms with Gasteiger partial charge in [0, 0.05) is 44.5 Å². The standard InChI is InChI=1S/C31H30N2O4/c1-32-27(34)19-31(30(32)37,26-16-14-23(15-17-26)22-9-4-2-5-10-22)20-28(35)33-18-8-13-25(21-33)29(36)24-11-6-3-7-12-24/h2-7,9-12,14-17,25H,8,13,18-21H2,1H3/t25-,31-/m1/s1. The summed E-state index contributed by atoms with van der Waals surface area (Å²) in [4.78, 5) is 55.6. The molecule has 2 fully saturated rings. The molecule has 2 heterocycles. The van der Waals surface area contributed by atoms with E-state index in [4.69, 9.17) is 0 Å². The van der Waals surface area contributed by atoms with Crippen molar-refractivity contribution in [1.29, 1.82) is 0 Å². The van der Waals surface area contributed by atoms with E-state index < -0.39 is 5.41 Å². The van der Waals surface area contributed by atoms with Gasteiger partial charge in [-0.05, 0) is 29.5 Å². The Morgan fingerprint density at radius 1 is 0.865 bits per heavy atom. The topological polar surface area (TPSA) is 74.8 Å². The summed E-state index contributed by atoms with van der Waals surface area (Å²) in [5.41, 5.74) is 2.11. The second-order valence-corrected chi connectivity index (χ2v) is 10.0. The highest BCUT2D eigenvalue weighted by molar-refractivity contribution is 6.10. The summed E-state index contributed by atoms with van der Waals surface area (Å²) in [7, 11) is 1.48. The van der Waals surface area contributed by atoms with Crippen LogP contribution in [0.5, 0.6) is 0 Å². The fourth-order valence-electron chi connectivity index (χ4n) is 5.59. The van der Waals surface area contributed by atoms with E-state index in [9.17, 15) is 19.2 Å². The largest absolute Gasteiger partial charge is 0.342 e. The lowest BCUT2D eigenvalue weighted by atomic mass is 9.75. The van der Waals surface area contributed by atoms with Gasteiger partial charge in [-0.1, -0.05) is 84.9 Å². The number of imide groups is 1. The first-order chi connectivity index (χ1) is 17.9. The Kier molecular flexibility index (Phi) is 6.74. The van der Waals surface area contributed by atoms with E-state index in [0.717, 1.165) is 28.9 Å². The normalized spacial score (nSPS) is 21.8. The molecule has 0 spiro atoms. The van der Waals surface area contributed by atoms with Crippen LogP contribution in [0.15, 0.2) is 84.9 Å². The third-order valence-electron chi connectivity index (χ3n) is 7.74. The number of likely N-dealkylation sites (N-methyl/N-ethyl adjacent to an activating group) is 1. The van der Waals surface area contributed by atoms with Crippen molar-refractivity contribution in [3.8, 4) is 11.1 Å². The average molecular weight is 495 g/mol. The van der Waals surface area contributed by atoms with Crippen molar-refractivity contribution in [2.45, 2.75) is 31.1 Å². The Labute approximate surface area is 216 Å². The minimum absolute atomic E-state index is 0.0381. The van der Waals surface area contributed by atoms with Gasteiger partial charge >= 0.3 is 0 Å². The number of nitrogens with zero attached hydrogens (tertiary/aromatic N) is 2. The number of hydrogen-bond acceptors (Lipinski definition) is 4. The summed E-state index contributed by atoms with van der Waals surface area (Å²) in [5.74, 6) is -1.08. The van der Waals surface area contributed by atoms with Crippen LogP contribution in [0.1, 0.15) is 41.6 Å². The van der Waals surface area contributed by atoms with Crippen molar-refractivity contribution in [3.63, 3.8) is 0 Å². The van der Waals surface area contributed by atoms with Gasteiger partial charge in [0.1, 0.15) is 0 Å². The lowest BCUT2D eigenvalue weighted by Gasteiger charge is -2.35. The lowest BCUT2D eigenvalue weighted by molar-refractivity contribution is -0.142. The molecule has 3 aromatic rings. The van der Waals surface area contributed by atoms with Gasteiger partial charge in [0.25, 0.3) is 0 Å². The molecule has 2 aliphatic rings. The van der Waals surface area contributed by atoms with Crippen LogP contribution in [0.3, 0.4) is 0 Å². The molecule has 0 bridgehead atoms. The molecular weight excluding hydrogens is 464 g/mol. The highest BCUT2D eigenvalue weighted by Crippen LogP contribution is 2.41. The second kappa shape index (κ2) is 10.1. The van der Waals surface area contributed by atoms with E-state index in [2.05, 4.69) is 0 Å². The van der Waals surface area contributed by atoms with E-state index in [-0.39, 0.29) is 42.3 Å². The SMILES string of the molecule is CN1C(=O)C[C@@](CC(=O)N2CCC[C@@H](C(=O)c3ccccc3)C2)(c2ccc(-c3ccccc3)cc2)C1=O. The van der Waals surface area contributed by atoms with Crippen LogP contribution in [-0.2, 0) is 19.8 Å². The third kappa shape index (κ3) is 4.71. The highest BCUT2D eigenvalue weighted by atomic mass is 16.2. The number of ketones is 1. The van der Waals surface area contributed by atoms with Crippen molar-refractivity contribution >= 4 is 23.5 Å². The van der Waals surface area contributed by atoms with Crippen molar-refractivity contribution < 1.29 is 19.2 Å². The summed E-state index contributed by atoms with van der Waals surface area (Å²) in [6, 6.07) is 26.6. The van der Waals surface area contributed by atoms with Gasteiger partial charge in [-0.2, -0.15) is 0 Å². The molecule has 3 aromatic carbocycles. The zero-order chi connectivity index (χ0) is 26.0. The Bertz CT molecular complexity index is 1320. The number of likely N-dealkylation sites (tertiary alicyclic amines) is 2. The van der Waals surface area contributed by atoms with Crippen LogP contribution in [-0.4, -0.2) is 53.4 Å². The molecule has 0 aromatic heterocycles. The van der Waals surface area contributed by atoms with E-state index in [1.54, 1.807) is 17.0 Å². The first-order valence-corrected chi connectivity index (χ1v) is 12.7. The van der Waals surface area contributed by atoms with Crippen LogP contribution in [0.4, 0.5) is 0 Å². The van der Waals surface area contributed by atoms with Gasteiger partial charge < -0.3 is 4.90 Å². The number of rotatable bonds is 6. The molecule has 0 saturated carbocycles. The second-order valence-electron chi connectivity index (χ2n) is 10.0.